The Labute approximate surface area is 128 Å². The van der Waals surface area contributed by atoms with E-state index in [1.54, 1.807) is 29.2 Å². The number of hydrogen-bond acceptors (Lipinski definition) is 3. The molecule has 0 radical (unpaired) electrons. The quantitative estimate of drug-likeness (QED) is 0.681. The van der Waals surface area contributed by atoms with Gasteiger partial charge in [-0.05, 0) is 48.0 Å². The number of alkyl halides is 1. The van der Waals surface area contributed by atoms with Crippen molar-refractivity contribution in [1.82, 2.24) is 0 Å². The van der Waals surface area contributed by atoms with Crippen LogP contribution in [0.4, 0.5) is 15.8 Å². The molecule has 0 aromatic heterocycles. The lowest BCUT2D eigenvalue weighted by Crippen LogP contribution is -2.22. The molecular formula is C17H17FN2O2. The van der Waals surface area contributed by atoms with Gasteiger partial charge in [-0.25, -0.2) is 0 Å². The molecule has 0 saturated carbocycles. The fourth-order valence-electron chi connectivity index (χ4n) is 2.49. The van der Waals surface area contributed by atoms with Gasteiger partial charge in [0.25, 0.3) is 5.91 Å². The Hall–Kier alpha value is -2.56. The third-order valence-electron chi connectivity index (χ3n) is 3.63. The zero-order valence-corrected chi connectivity index (χ0v) is 12.1. The van der Waals surface area contributed by atoms with Crippen LogP contribution in [-0.2, 0) is 6.54 Å². The van der Waals surface area contributed by atoms with Gasteiger partial charge in [-0.15, -0.1) is 0 Å². The van der Waals surface area contributed by atoms with E-state index in [-0.39, 0.29) is 5.91 Å². The lowest BCUT2D eigenvalue weighted by atomic mass is 10.1. The van der Waals surface area contributed by atoms with Gasteiger partial charge in [0.1, 0.15) is 5.75 Å². The maximum atomic E-state index is 12.5. The molecule has 2 aromatic rings. The van der Waals surface area contributed by atoms with Gasteiger partial charge in [-0.1, -0.05) is 0 Å². The highest BCUT2D eigenvalue weighted by molar-refractivity contribution is 6.10. The van der Waals surface area contributed by atoms with Crippen LogP contribution in [0, 0.1) is 0 Å². The molecule has 0 fully saturated rings. The van der Waals surface area contributed by atoms with Crippen molar-refractivity contribution in [2.24, 2.45) is 0 Å². The van der Waals surface area contributed by atoms with Crippen LogP contribution in [0.2, 0.25) is 0 Å². The van der Waals surface area contributed by atoms with Crippen molar-refractivity contribution in [2.45, 2.75) is 13.0 Å². The fourth-order valence-corrected chi connectivity index (χ4v) is 2.49. The van der Waals surface area contributed by atoms with E-state index in [9.17, 15) is 9.18 Å². The van der Waals surface area contributed by atoms with E-state index < -0.39 is 6.67 Å². The summed E-state index contributed by atoms with van der Waals surface area (Å²) in [6.45, 7) is 0.442. The van der Waals surface area contributed by atoms with Crippen LogP contribution in [0.3, 0.4) is 0 Å². The van der Waals surface area contributed by atoms with Crippen molar-refractivity contribution in [1.29, 1.82) is 0 Å². The third-order valence-corrected chi connectivity index (χ3v) is 3.63. The van der Waals surface area contributed by atoms with Gasteiger partial charge in [0.05, 0.1) is 19.8 Å². The Morgan fingerprint density at radius 3 is 2.68 bits per heavy atom. The molecule has 0 spiro atoms. The predicted octanol–water partition coefficient (Wildman–Crippen LogP) is 3.17. The van der Waals surface area contributed by atoms with Crippen LogP contribution in [0.1, 0.15) is 22.3 Å². The minimum Gasteiger partial charge on any atom is -0.493 e. The fraction of sp³-hybridized carbons (Fsp3) is 0.235. The minimum atomic E-state index is -0.395. The number of amides is 1. The molecule has 0 aliphatic carbocycles. The van der Waals surface area contributed by atoms with Crippen molar-refractivity contribution in [3.05, 3.63) is 53.6 Å². The number of fused-ring (bicyclic) bond motifs is 1. The molecule has 22 heavy (non-hydrogen) atoms. The highest BCUT2D eigenvalue weighted by Gasteiger charge is 2.28. The van der Waals surface area contributed by atoms with Crippen molar-refractivity contribution >= 4 is 17.3 Å². The van der Waals surface area contributed by atoms with Crippen LogP contribution in [0.5, 0.6) is 5.75 Å². The smallest absolute Gasteiger partial charge is 0.258 e. The highest BCUT2D eigenvalue weighted by atomic mass is 19.1. The van der Waals surface area contributed by atoms with Crippen molar-refractivity contribution < 1.29 is 13.9 Å². The number of anilines is 2. The Balaban J connectivity index is 1.79. The first-order valence-electron chi connectivity index (χ1n) is 7.18. The number of nitrogen functional groups attached to an aromatic ring is 1. The average Bonchev–Trinajstić information content (AvgIpc) is 2.85. The van der Waals surface area contributed by atoms with Gasteiger partial charge in [0, 0.05) is 23.4 Å². The molecule has 2 N–H and O–H groups in total. The standard InChI is InChI=1S/C17H17FN2O2/c18-8-1-9-22-15-6-7-16-12(10-15)11-20(17(16)21)14-4-2-13(19)3-5-14/h2-7,10H,1,8-9,11,19H2. The monoisotopic (exact) mass is 300 g/mol. The molecule has 0 atom stereocenters. The van der Waals surface area contributed by atoms with E-state index in [2.05, 4.69) is 0 Å². The molecule has 4 nitrogen and oxygen atoms in total. The van der Waals surface area contributed by atoms with Crippen LogP contribution in [0.25, 0.3) is 0 Å². The summed E-state index contributed by atoms with van der Waals surface area (Å²) >= 11 is 0. The van der Waals surface area contributed by atoms with Crippen LogP contribution >= 0.6 is 0 Å². The Bertz CT molecular complexity index is 686. The number of ether oxygens (including phenoxy) is 1. The summed E-state index contributed by atoms with van der Waals surface area (Å²) < 4.78 is 17.6. The Kier molecular flexibility index (Phi) is 3.96. The van der Waals surface area contributed by atoms with Gasteiger partial charge in [-0.3, -0.25) is 9.18 Å². The number of carbonyl (C=O) groups excluding carboxylic acids is 1. The number of benzene rings is 2. The molecule has 1 amide bonds. The number of halogens is 1. The topological polar surface area (TPSA) is 55.6 Å². The molecule has 1 aliphatic heterocycles. The summed E-state index contributed by atoms with van der Waals surface area (Å²) in [5.74, 6) is 0.634. The van der Waals surface area contributed by atoms with E-state index in [0.717, 1.165) is 11.3 Å². The number of carbonyl (C=O) groups is 1. The molecule has 3 rings (SSSR count). The lowest BCUT2D eigenvalue weighted by Gasteiger charge is -2.15. The van der Waals surface area contributed by atoms with E-state index in [1.165, 1.54) is 0 Å². The van der Waals surface area contributed by atoms with E-state index in [0.29, 0.717) is 36.6 Å². The van der Waals surface area contributed by atoms with Crippen LogP contribution < -0.4 is 15.4 Å². The van der Waals surface area contributed by atoms with Crippen LogP contribution in [0.15, 0.2) is 42.5 Å². The van der Waals surface area contributed by atoms with Gasteiger partial charge in [0.2, 0.25) is 0 Å². The SMILES string of the molecule is Nc1ccc(N2Cc3cc(OCCCF)ccc3C2=O)cc1. The Morgan fingerprint density at radius 1 is 1.18 bits per heavy atom. The predicted molar refractivity (Wildman–Crippen MR) is 83.9 cm³/mol. The zero-order chi connectivity index (χ0) is 15.5. The zero-order valence-electron chi connectivity index (χ0n) is 12.1. The summed E-state index contributed by atoms with van der Waals surface area (Å²) in [6, 6.07) is 12.6. The van der Waals surface area contributed by atoms with Crippen molar-refractivity contribution in [3.8, 4) is 5.75 Å². The number of nitrogens with zero attached hydrogens (tertiary/aromatic N) is 1. The van der Waals surface area contributed by atoms with Gasteiger partial charge in [-0.2, -0.15) is 0 Å². The second-order valence-electron chi connectivity index (χ2n) is 5.19. The molecule has 1 heterocycles. The second-order valence-corrected chi connectivity index (χ2v) is 5.19. The molecule has 1 aliphatic rings. The van der Waals surface area contributed by atoms with Gasteiger partial charge >= 0.3 is 0 Å². The van der Waals surface area contributed by atoms with Crippen molar-refractivity contribution in [3.63, 3.8) is 0 Å². The number of nitrogens with two attached hydrogens (primary N) is 1. The first kappa shape index (κ1) is 14.4. The van der Waals surface area contributed by atoms with Crippen LogP contribution in [-0.4, -0.2) is 19.2 Å². The first-order valence-corrected chi connectivity index (χ1v) is 7.18. The van der Waals surface area contributed by atoms with E-state index in [1.807, 2.05) is 18.2 Å². The maximum absolute atomic E-state index is 12.5. The second kappa shape index (κ2) is 6.05. The summed E-state index contributed by atoms with van der Waals surface area (Å²) in [4.78, 5) is 14.2. The molecule has 0 saturated heterocycles. The maximum Gasteiger partial charge on any atom is 0.258 e. The van der Waals surface area contributed by atoms with E-state index >= 15 is 0 Å². The molecule has 2 aromatic carbocycles. The highest BCUT2D eigenvalue weighted by Crippen LogP contribution is 2.31. The van der Waals surface area contributed by atoms with Crippen molar-refractivity contribution in [2.75, 3.05) is 23.9 Å². The molecular weight excluding hydrogens is 283 g/mol. The number of hydrogen-bond donors (Lipinski definition) is 1. The summed E-state index contributed by atoms with van der Waals surface area (Å²) in [6.07, 6.45) is 0.369. The molecule has 0 bridgehead atoms. The van der Waals surface area contributed by atoms with Gasteiger partial charge in [0.15, 0.2) is 0 Å². The largest absolute Gasteiger partial charge is 0.493 e. The summed E-state index contributed by atoms with van der Waals surface area (Å²) in [7, 11) is 0. The Morgan fingerprint density at radius 2 is 1.95 bits per heavy atom. The molecule has 0 unspecified atom stereocenters. The molecule has 5 heteroatoms. The summed E-state index contributed by atoms with van der Waals surface area (Å²) in [5, 5.41) is 0. The third kappa shape index (κ3) is 2.74. The summed E-state index contributed by atoms with van der Waals surface area (Å²) in [5.41, 5.74) is 8.75. The normalized spacial score (nSPS) is 13.3. The molecule has 114 valence electrons. The van der Waals surface area contributed by atoms with Gasteiger partial charge < -0.3 is 15.4 Å². The first-order chi connectivity index (χ1) is 10.7. The minimum absolute atomic E-state index is 0.0323. The van der Waals surface area contributed by atoms with E-state index in [4.69, 9.17) is 10.5 Å². The average molecular weight is 300 g/mol. The number of rotatable bonds is 5. The lowest BCUT2D eigenvalue weighted by molar-refractivity contribution is 0.0996.